The van der Waals surface area contributed by atoms with Crippen molar-refractivity contribution in [3.8, 4) is 5.75 Å². The fourth-order valence-corrected chi connectivity index (χ4v) is 3.32. The summed E-state index contributed by atoms with van der Waals surface area (Å²) in [5.74, 6) is 0.841. The van der Waals surface area contributed by atoms with Gasteiger partial charge in [-0.25, -0.2) is 0 Å². The predicted octanol–water partition coefficient (Wildman–Crippen LogP) is 5.76. The first-order chi connectivity index (χ1) is 11.6. The number of hydrazone groups is 1. The van der Waals surface area contributed by atoms with E-state index in [9.17, 15) is 0 Å². The first kappa shape index (κ1) is 16.5. The molecule has 0 saturated heterocycles. The number of nitrogens with zero attached hydrogens (tertiary/aromatic N) is 1. The molecule has 0 heterocycles. The normalized spacial score (nSPS) is 11.6. The Hall–Kier alpha value is -2.33. The van der Waals surface area contributed by atoms with E-state index in [1.54, 1.807) is 7.11 Å². The number of hydrogen-bond acceptors (Lipinski definition) is 3. The van der Waals surface area contributed by atoms with Crippen LogP contribution in [0.4, 0.5) is 5.69 Å². The summed E-state index contributed by atoms with van der Waals surface area (Å²) in [6.45, 7) is 4.05. The highest BCUT2D eigenvalue weighted by atomic mass is 79.9. The quantitative estimate of drug-likeness (QED) is 0.459. The molecule has 0 aliphatic heterocycles. The maximum absolute atomic E-state index is 5.55. The molecule has 24 heavy (non-hydrogen) atoms. The van der Waals surface area contributed by atoms with E-state index in [2.05, 4.69) is 57.6 Å². The summed E-state index contributed by atoms with van der Waals surface area (Å²) in [6, 6.07) is 18.3. The van der Waals surface area contributed by atoms with Gasteiger partial charge in [0.1, 0.15) is 5.75 Å². The molecule has 0 atom stereocenters. The lowest BCUT2D eigenvalue weighted by molar-refractivity contribution is 0.419. The number of benzene rings is 3. The Morgan fingerprint density at radius 2 is 1.71 bits per heavy atom. The molecule has 0 spiro atoms. The van der Waals surface area contributed by atoms with Crippen LogP contribution in [-0.4, -0.2) is 12.8 Å². The van der Waals surface area contributed by atoms with Gasteiger partial charge in [0, 0.05) is 20.8 Å². The predicted molar refractivity (Wildman–Crippen MR) is 105 cm³/mol. The highest BCUT2D eigenvalue weighted by molar-refractivity contribution is 9.10. The number of nitrogens with one attached hydrogen (secondary N) is 1. The summed E-state index contributed by atoms with van der Waals surface area (Å²) in [6.07, 6.45) is 0. The van der Waals surface area contributed by atoms with Gasteiger partial charge in [-0.1, -0.05) is 42.0 Å². The number of hydrogen-bond donors (Lipinski definition) is 1. The SMILES string of the molecule is COc1cc(C(C)=NNc2ccc(C)cc2)c(Br)c2ccccc12. The molecule has 122 valence electrons. The second kappa shape index (κ2) is 7.05. The number of halogens is 1. The molecule has 0 unspecified atom stereocenters. The molecule has 0 amide bonds. The van der Waals surface area contributed by atoms with Crippen molar-refractivity contribution in [2.24, 2.45) is 5.10 Å². The third-order valence-corrected chi connectivity index (χ3v) is 4.81. The number of fused-ring (bicyclic) bond motifs is 1. The Kier molecular flexibility index (Phi) is 4.86. The minimum atomic E-state index is 0.841. The number of anilines is 1. The maximum atomic E-state index is 5.55. The highest BCUT2D eigenvalue weighted by Gasteiger charge is 2.12. The van der Waals surface area contributed by atoms with Crippen LogP contribution in [0.25, 0.3) is 10.8 Å². The zero-order valence-corrected chi connectivity index (χ0v) is 15.5. The van der Waals surface area contributed by atoms with E-state index in [0.29, 0.717) is 0 Å². The van der Waals surface area contributed by atoms with Crippen molar-refractivity contribution in [1.82, 2.24) is 0 Å². The summed E-state index contributed by atoms with van der Waals surface area (Å²) >= 11 is 3.72. The average Bonchev–Trinajstić information content (AvgIpc) is 2.61. The third kappa shape index (κ3) is 3.29. The van der Waals surface area contributed by atoms with Gasteiger partial charge in [0.05, 0.1) is 18.5 Å². The van der Waals surface area contributed by atoms with E-state index in [4.69, 9.17) is 4.74 Å². The Bertz CT molecular complexity index is 901. The van der Waals surface area contributed by atoms with E-state index in [0.717, 1.165) is 38.0 Å². The van der Waals surface area contributed by atoms with E-state index in [1.807, 2.05) is 37.3 Å². The van der Waals surface area contributed by atoms with Crippen LogP contribution in [-0.2, 0) is 0 Å². The van der Waals surface area contributed by atoms with Crippen molar-refractivity contribution in [3.63, 3.8) is 0 Å². The topological polar surface area (TPSA) is 33.6 Å². The molecule has 4 heteroatoms. The monoisotopic (exact) mass is 382 g/mol. The smallest absolute Gasteiger partial charge is 0.127 e. The molecule has 0 aromatic heterocycles. The number of methoxy groups -OCH3 is 1. The number of aryl methyl sites for hydroxylation is 1. The molecule has 0 bridgehead atoms. The van der Waals surface area contributed by atoms with E-state index in [1.165, 1.54) is 5.56 Å². The molecule has 0 aliphatic carbocycles. The zero-order valence-electron chi connectivity index (χ0n) is 13.9. The fourth-order valence-electron chi connectivity index (χ4n) is 2.58. The molecule has 1 N–H and O–H groups in total. The highest BCUT2D eigenvalue weighted by Crippen LogP contribution is 2.35. The van der Waals surface area contributed by atoms with Gasteiger partial charge in [0.2, 0.25) is 0 Å². The Labute approximate surface area is 150 Å². The Balaban J connectivity index is 2.00. The lowest BCUT2D eigenvalue weighted by atomic mass is 10.0. The van der Waals surface area contributed by atoms with Crippen molar-refractivity contribution >= 4 is 38.1 Å². The van der Waals surface area contributed by atoms with Gasteiger partial charge in [-0.15, -0.1) is 0 Å². The molecule has 0 saturated carbocycles. The first-order valence-corrected chi connectivity index (χ1v) is 8.52. The van der Waals surface area contributed by atoms with Gasteiger partial charge >= 0.3 is 0 Å². The van der Waals surface area contributed by atoms with Gasteiger partial charge in [0.25, 0.3) is 0 Å². The van der Waals surface area contributed by atoms with Crippen molar-refractivity contribution in [2.45, 2.75) is 13.8 Å². The Morgan fingerprint density at radius 3 is 2.38 bits per heavy atom. The van der Waals surface area contributed by atoms with Crippen molar-refractivity contribution in [3.05, 3.63) is 70.2 Å². The molecular weight excluding hydrogens is 364 g/mol. The van der Waals surface area contributed by atoms with Crippen LogP contribution in [0.1, 0.15) is 18.1 Å². The van der Waals surface area contributed by atoms with Crippen molar-refractivity contribution < 1.29 is 4.74 Å². The van der Waals surface area contributed by atoms with Gasteiger partial charge < -0.3 is 4.74 Å². The fraction of sp³-hybridized carbons (Fsp3) is 0.150. The van der Waals surface area contributed by atoms with Crippen LogP contribution in [0.3, 0.4) is 0 Å². The van der Waals surface area contributed by atoms with Crippen LogP contribution in [0.5, 0.6) is 5.75 Å². The van der Waals surface area contributed by atoms with E-state index in [-0.39, 0.29) is 0 Å². The van der Waals surface area contributed by atoms with Crippen LogP contribution in [0.2, 0.25) is 0 Å². The lowest BCUT2D eigenvalue weighted by Crippen LogP contribution is -2.02. The number of rotatable bonds is 4. The Morgan fingerprint density at radius 1 is 1.04 bits per heavy atom. The molecule has 0 aliphatic rings. The molecule has 3 aromatic rings. The van der Waals surface area contributed by atoms with Gasteiger partial charge in [-0.2, -0.15) is 5.10 Å². The maximum Gasteiger partial charge on any atom is 0.127 e. The lowest BCUT2D eigenvalue weighted by Gasteiger charge is -2.12. The summed E-state index contributed by atoms with van der Waals surface area (Å²) in [4.78, 5) is 0. The summed E-state index contributed by atoms with van der Waals surface area (Å²) < 4.78 is 6.57. The van der Waals surface area contributed by atoms with E-state index < -0.39 is 0 Å². The minimum Gasteiger partial charge on any atom is -0.496 e. The van der Waals surface area contributed by atoms with Crippen LogP contribution in [0.15, 0.2) is 64.2 Å². The van der Waals surface area contributed by atoms with Gasteiger partial charge in [-0.3, -0.25) is 5.43 Å². The van der Waals surface area contributed by atoms with Gasteiger partial charge in [0.15, 0.2) is 0 Å². The van der Waals surface area contributed by atoms with E-state index >= 15 is 0 Å². The van der Waals surface area contributed by atoms with Crippen LogP contribution < -0.4 is 10.2 Å². The molecular formula is C20H19BrN2O. The van der Waals surface area contributed by atoms with Crippen LogP contribution in [0, 0.1) is 6.92 Å². The average molecular weight is 383 g/mol. The molecule has 3 rings (SSSR count). The first-order valence-electron chi connectivity index (χ1n) is 7.72. The van der Waals surface area contributed by atoms with Crippen LogP contribution >= 0.6 is 15.9 Å². The summed E-state index contributed by atoms with van der Waals surface area (Å²) in [7, 11) is 1.69. The van der Waals surface area contributed by atoms with Crippen molar-refractivity contribution in [1.29, 1.82) is 0 Å². The zero-order chi connectivity index (χ0) is 17.1. The largest absolute Gasteiger partial charge is 0.496 e. The molecule has 3 aromatic carbocycles. The molecule has 0 fully saturated rings. The molecule has 0 radical (unpaired) electrons. The summed E-state index contributed by atoms with van der Waals surface area (Å²) in [5.41, 5.74) is 7.18. The van der Waals surface area contributed by atoms with Gasteiger partial charge in [-0.05, 0) is 48.0 Å². The standard InChI is InChI=1S/C20H19BrN2O/c1-13-8-10-15(11-9-13)23-22-14(2)18-12-19(24-3)16-6-4-5-7-17(16)20(18)21/h4-12,23H,1-3H3. The van der Waals surface area contributed by atoms with Crippen molar-refractivity contribution in [2.75, 3.05) is 12.5 Å². The second-order valence-electron chi connectivity index (χ2n) is 5.66. The minimum absolute atomic E-state index is 0.841. The number of ether oxygens (including phenoxy) is 1. The third-order valence-electron chi connectivity index (χ3n) is 3.95. The summed E-state index contributed by atoms with van der Waals surface area (Å²) in [5, 5.41) is 6.71. The second-order valence-corrected chi connectivity index (χ2v) is 6.45. The molecule has 3 nitrogen and oxygen atoms in total.